The number of hydrogen-bond donors (Lipinski definition) is 5. The maximum Gasteiger partial charge on any atom is 0.282 e. The Morgan fingerprint density at radius 2 is 1.54 bits per heavy atom. The summed E-state index contributed by atoms with van der Waals surface area (Å²) in [7, 11) is 4.80. The van der Waals surface area contributed by atoms with Crippen LogP contribution in [0.25, 0.3) is 0 Å². The van der Waals surface area contributed by atoms with E-state index in [0.29, 0.717) is 17.8 Å². The molecule has 0 saturated carbocycles. The molecule has 6 N–H and O–H groups in total. The predicted octanol–water partition coefficient (Wildman–Crippen LogP) is 0.938. The molecular weight excluding hydrogens is 506 g/mol. The molecule has 0 fully saturated rings. The zero-order chi connectivity index (χ0) is 28.9. The fourth-order valence-corrected chi connectivity index (χ4v) is 3.82. The number of hydrogen-bond acceptors (Lipinski definition) is 6. The molecule has 3 aromatic rings. The lowest BCUT2D eigenvalue weighted by Crippen LogP contribution is -2.36. The minimum absolute atomic E-state index is 0.0716. The van der Waals surface area contributed by atoms with Crippen molar-refractivity contribution in [3.8, 4) is 0 Å². The lowest BCUT2D eigenvalue weighted by atomic mass is 10.2. The maximum atomic E-state index is 13.5. The fraction of sp³-hybridized carbons (Fsp3) is 0.200. The van der Waals surface area contributed by atoms with Gasteiger partial charge in [-0.1, -0.05) is 6.58 Å². The van der Waals surface area contributed by atoms with Crippen LogP contribution in [0.5, 0.6) is 0 Å². The molecule has 5 amide bonds. The van der Waals surface area contributed by atoms with Gasteiger partial charge in [0.05, 0.1) is 22.9 Å². The van der Waals surface area contributed by atoms with E-state index in [1.54, 1.807) is 27.3 Å². The topological polar surface area (TPSA) is 189 Å². The standard InChI is InChI=1S/C25H29N9O5/c1-5-22(36)34(17-10-19(33(4)13-17)23(37)28-7-6-21(26)27)25(39)20-9-16(12-32(20)3)30-24(38)18-8-15(29-14-35)11-31(18)2/h5,8-14H,1,6-7H2,2-4H3,(H3,26,27)(H,28,37)(H,29,35)(H,30,38). The Kier molecular flexibility index (Phi) is 8.50. The Bertz CT molecular complexity index is 1480. The predicted molar refractivity (Wildman–Crippen MR) is 145 cm³/mol. The van der Waals surface area contributed by atoms with Crippen LogP contribution in [0.15, 0.2) is 49.4 Å². The molecule has 204 valence electrons. The molecule has 14 nitrogen and oxygen atoms in total. The SMILES string of the molecule is C=CC(=O)N(C(=O)c1cc(NC(=O)c2cc(NC=O)cn2C)cn1C)c1cc(C(=O)NCCC(=N)N)n(C)c1. The van der Waals surface area contributed by atoms with Crippen LogP contribution in [0.3, 0.4) is 0 Å². The van der Waals surface area contributed by atoms with Gasteiger partial charge in [-0.25, -0.2) is 4.90 Å². The second-order valence-electron chi connectivity index (χ2n) is 8.57. The summed E-state index contributed by atoms with van der Waals surface area (Å²) >= 11 is 0. The summed E-state index contributed by atoms with van der Waals surface area (Å²) in [4.78, 5) is 63.2. The number of nitrogens with zero attached hydrogens (tertiary/aromatic N) is 4. The summed E-state index contributed by atoms with van der Waals surface area (Å²) < 4.78 is 4.44. The highest BCUT2D eigenvalue weighted by molar-refractivity contribution is 6.24. The van der Waals surface area contributed by atoms with Gasteiger partial charge in [0.25, 0.3) is 23.6 Å². The van der Waals surface area contributed by atoms with Crippen molar-refractivity contribution in [2.75, 3.05) is 22.1 Å². The number of nitrogens with one attached hydrogen (secondary N) is 4. The van der Waals surface area contributed by atoms with Crippen molar-refractivity contribution in [2.24, 2.45) is 26.9 Å². The van der Waals surface area contributed by atoms with Gasteiger partial charge in [0.1, 0.15) is 17.1 Å². The van der Waals surface area contributed by atoms with Crippen LogP contribution in [0, 0.1) is 5.41 Å². The average Bonchev–Trinajstić information content (AvgIpc) is 3.55. The zero-order valence-corrected chi connectivity index (χ0v) is 21.6. The number of carbonyl (C=O) groups is 5. The van der Waals surface area contributed by atoms with Gasteiger partial charge in [-0.2, -0.15) is 0 Å². The van der Waals surface area contributed by atoms with Gasteiger partial charge < -0.3 is 35.4 Å². The molecular formula is C25H29N9O5. The number of carbonyl (C=O) groups excluding carboxylic acids is 5. The molecule has 0 spiro atoms. The van der Waals surface area contributed by atoms with Crippen molar-refractivity contribution in [3.05, 3.63) is 66.5 Å². The van der Waals surface area contributed by atoms with E-state index in [1.165, 1.54) is 44.3 Å². The number of nitrogens with two attached hydrogens (primary N) is 1. The normalized spacial score (nSPS) is 10.4. The highest BCUT2D eigenvalue weighted by Gasteiger charge is 2.28. The molecule has 14 heteroatoms. The molecule has 0 radical (unpaired) electrons. The van der Waals surface area contributed by atoms with Crippen LogP contribution >= 0.6 is 0 Å². The van der Waals surface area contributed by atoms with Gasteiger partial charge in [0.2, 0.25) is 6.41 Å². The first-order valence-electron chi connectivity index (χ1n) is 11.6. The van der Waals surface area contributed by atoms with Gasteiger partial charge >= 0.3 is 0 Å². The van der Waals surface area contributed by atoms with Crippen LogP contribution in [0.1, 0.15) is 37.9 Å². The Morgan fingerprint density at radius 1 is 0.949 bits per heavy atom. The minimum atomic E-state index is -0.722. The fourth-order valence-electron chi connectivity index (χ4n) is 3.82. The third kappa shape index (κ3) is 6.30. The lowest BCUT2D eigenvalue weighted by Gasteiger charge is -2.18. The largest absolute Gasteiger partial charge is 0.388 e. The van der Waals surface area contributed by atoms with Crippen molar-refractivity contribution in [1.82, 2.24) is 19.0 Å². The molecule has 3 heterocycles. The summed E-state index contributed by atoms with van der Waals surface area (Å²) in [6.07, 6.45) is 6.18. The van der Waals surface area contributed by atoms with Gasteiger partial charge in [-0.05, 0) is 24.3 Å². The van der Waals surface area contributed by atoms with Crippen LogP contribution in [-0.2, 0) is 30.7 Å². The summed E-state index contributed by atoms with van der Waals surface area (Å²) in [5.41, 5.74) is 6.69. The Morgan fingerprint density at radius 3 is 2.18 bits per heavy atom. The van der Waals surface area contributed by atoms with E-state index in [2.05, 4.69) is 22.5 Å². The quantitative estimate of drug-likeness (QED) is 0.105. The first-order chi connectivity index (χ1) is 18.5. The second kappa shape index (κ2) is 11.8. The summed E-state index contributed by atoms with van der Waals surface area (Å²) in [6.45, 7) is 3.63. The molecule has 0 aliphatic heterocycles. The van der Waals surface area contributed by atoms with E-state index in [9.17, 15) is 24.0 Å². The molecule has 3 aromatic heterocycles. The molecule has 0 bridgehead atoms. The van der Waals surface area contributed by atoms with Gasteiger partial charge in [0, 0.05) is 52.7 Å². The monoisotopic (exact) mass is 535 g/mol. The molecule has 0 atom stereocenters. The number of imide groups is 1. The third-order valence-electron chi connectivity index (χ3n) is 5.70. The second-order valence-corrected chi connectivity index (χ2v) is 8.57. The van der Waals surface area contributed by atoms with Crippen LogP contribution in [0.2, 0.25) is 0 Å². The zero-order valence-electron chi connectivity index (χ0n) is 21.6. The first kappa shape index (κ1) is 28.2. The molecule has 0 aromatic carbocycles. The number of amides is 5. The number of rotatable bonds is 11. The van der Waals surface area contributed by atoms with Crippen molar-refractivity contribution in [3.63, 3.8) is 0 Å². The van der Waals surface area contributed by atoms with Crippen LogP contribution < -0.4 is 26.6 Å². The number of aryl methyl sites for hydroxylation is 3. The molecule has 0 aliphatic rings. The van der Waals surface area contributed by atoms with E-state index in [4.69, 9.17) is 11.1 Å². The highest BCUT2D eigenvalue weighted by Crippen LogP contribution is 2.24. The molecule has 0 saturated heterocycles. The summed E-state index contributed by atoms with van der Waals surface area (Å²) in [5, 5.41) is 15.1. The number of aromatic nitrogens is 3. The summed E-state index contributed by atoms with van der Waals surface area (Å²) in [5.74, 6) is -2.46. The van der Waals surface area contributed by atoms with Crippen LogP contribution in [0.4, 0.5) is 17.1 Å². The Labute approximate surface area is 223 Å². The van der Waals surface area contributed by atoms with Crippen molar-refractivity contribution in [2.45, 2.75) is 6.42 Å². The molecule has 0 unspecified atom stereocenters. The summed E-state index contributed by atoms with van der Waals surface area (Å²) in [6, 6.07) is 4.29. The average molecular weight is 536 g/mol. The van der Waals surface area contributed by atoms with Crippen LogP contribution in [-0.4, -0.2) is 56.1 Å². The van der Waals surface area contributed by atoms with E-state index >= 15 is 0 Å². The van der Waals surface area contributed by atoms with E-state index in [0.717, 1.165) is 11.0 Å². The van der Waals surface area contributed by atoms with E-state index in [1.807, 2.05) is 0 Å². The van der Waals surface area contributed by atoms with Crippen molar-refractivity contribution in [1.29, 1.82) is 5.41 Å². The number of amidine groups is 1. The highest BCUT2D eigenvalue weighted by atomic mass is 16.2. The van der Waals surface area contributed by atoms with E-state index < -0.39 is 23.6 Å². The minimum Gasteiger partial charge on any atom is -0.388 e. The third-order valence-corrected chi connectivity index (χ3v) is 5.70. The number of anilines is 3. The van der Waals surface area contributed by atoms with E-state index in [-0.39, 0.29) is 41.6 Å². The van der Waals surface area contributed by atoms with Gasteiger partial charge in [-0.3, -0.25) is 29.4 Å². The molecule has 0 aliphatic carbocycles. The maximum absolute atomic E-state index is 13.5. The Balaban J connectivity index is 1.85. The van der Waals surface area contributed by atoms with Crippen molar-refractivity contribution < 1.29 is 24.0 Å². The lowest BCUT2D eigenvalue weighted by molar-refractivity contribution is -0.113. The molecule has 39 heavy (non-hydrogen) atoms. The molecule has 3 rings (SSSR count). The smallest absolute Gasteiger partial charge is 0.282 e. The van der Waals surface area contributed by atoms with Gasteiger partial charge in [0.15, 0.2) is 0 Å². The van der Waals surface area contributed by atoms with Gasteiger partial charge in [-0.15, -0.1) is 0 Å². The first-order valence-corrected chi connectivity index (χ1v) is 11.6. The van der Waals surface area contributed by atoms with Crippen molar-refractivity contribution >= 4 is 52.9 Å². The Hall–Kier alpha value is -5.40.